The van der Waals surface area contributed by atoms with E-state index in [0.717, 1.165) is 11.1 Å². The highest BCUT2D eigenvalue weighted by atomic mass is 16.5. The highest BCUT2D eigenvalue weighted by Crippen LogP contribution is 2.25. The van der Waals surface area contributed by atoms with Gasteiger partial charge >= 0.3 is 5.97 Å². The first-order chi connectivity index (χ1) is 10.8. The molecule has 0 aromatic heterocycles. The molecule has 1 atom stereocenters. The molecule has 0 saturated carbocycles. The van der Waals surface area contributed by atoms with Gasteiger partial charge in [0.25, 0.3) is 5.91 Å². The van der Waals surface area contributed by atoms with Crippen LogP contribution in [0.15, 0.2) is 23.3 Å². The molecule has 1 aliphatic rings. The van der Waals surface area contributed by atoms with Crippen LogP contribution in [0.4, 0.5) is 5.69 Å². The molecule has 0 radical (unpaired) electrons. The fourth-order valence-corrected chi connectivity index (χ4v) is 2.12. The maximum atomic E-state index is 12.1. The van der Waals surface area contributed by atoms with Gasteiger partial charge in [-0.2, -0.15) is 10.1 Å². The summed E-state index contributed by atoms with van der Waals surface area (Å²) in [6.07, 6.45) is -0.728. The molecule has 0 bridgehead atoms. The van der Waals surface area contributed by atoms with Crippen molar-refractivity contribution in [1.29, 1.82) is 0 Å². The summed E-state index contributed by atoms with van der Waals surface area (Å²) < 4.78 is 4.94. The zero-order chi connectivity index (χ0) is 17.1. The standard InChI is InChI=1S/C16H19N3O4/c1-9-4-5-10(2)13(8-9)19-14(20)7-6-12(18-19)16(22)23-11(3)15(17)21/h4-5,8,11H,6-7H2,1-3H3,(H2,17,21)/t11-/m0/s1. The number of hydrogen-bond acceptors (Lipinski definition) is 5. The molecule has 1 aliphatic heterocycles. The third kappa shape index (κ3) is 3.74. The van der Waals surface area contributed by atoms with Gasteiger partial charge in [0, 0.05) is 12.8 Å². The predicted octanol–water partition coefficient (Wildman–Crippen LogP) is 1.20. The zero-order valence-corrected chi connectivity index (χ0v) is 13.3. The second kappa shape index (κ2) is 6.60. The van der Waals surface area contributed by atoms with Crippen molar-refractivity contribution < 1.29 is 19.1 Å². The first kappa shape index (κ1) is 16.7. The van der Waals surface area contributed by atoms with Gasteiger partial charge in [-0.3, -0.25) is 9.59 Å². The van der Waals surface area contributed by atoms with Crippen molar-refractivity contribution in [2.24, 2.45) is 10.8 Å². The normalized spacial score (nSPS) is 15.9. The molecule has 2 rings (SSSR count). The number of carbonyl (C=O) groups is 3. The number of nitrogens with two attached hydrogens (primary N) is 1. The molecule has 7 heteroatoms. The summed E-state index contributed by atoms with van der Waals surface area (Å²) in [5, 5.41) is 5.34. The highest BCUT2D eigenvalue weighted by molar-refractivity contribution is 6.38. The fourth-order valence-electron chi connectivity index (χ4n) is 2.12. The van der Waals surface area contributed by atoms with Gasteiger partial charge in [0.15, 0.2) is 6.10 Å². The molecule has 2 N–H and O–H groups in total. The van der Waals surface area contributed by atoms with Crippen molar-refractivity contribution in [3.05, 3.63) is 29.3 Å². The summed E-state index contributed by atoms with van der Waals surface area (Å²) in [6.45, 7) is 5.15. The molecule has 0 saturated heterocycles. The van der Waals surface area contributed by atoms with Crippen LogP contribution in [0.3, 0.4) is 0 Å². The van der Waals surface area contributed by atoms with Gasteiger partial charge in [0.05, 0.1) is 5.69 Å². The van der Waals surface area contributed by atoms with Gasteiger partial charge in [-0.1, -0.05) is 12.1 Å². The van der Waals surface area contributed by atoms with E-state index in [-0.39, 0.29) is 24.5 Å². The van der Waals surface area contributed by atoms with Crippen molar-refractivity contribution in [3.63, 3.8) is 0 Å². The first-order valence-electron chi connectivity index (χ1n) is 7.27. The van der Waals surface area contributed by atoms with E-state index in [1.54, 1.807) is 0 Å². The van der Waals surface area contributed by atoms with Crippen molar-refractivity contribution in [2.75, 3.05) is 5.01 Å². The van der Waals surface area contributed by atoms with Gasteiger partial charge < -0.3 is 10.5 Å². The predicted molar refractivity (Wildman–Crippen MR) is 84.8 cm³/mol. The average molecular weight is 317 g/mol. The summed E-state index contributed by atoms with van der Waals surface area (Å²) in [5.74, 6) is -1.67. The van der Waals surface area contributed by atoms with Crippen LogP contribution in [0.25, 0.3) is 0 Å². The Morgan fingerprint density at radius 1 is 1.30 bits per heavy atom. The average Bonchev–Trinajstić information content (AvgIpc) is 2.50. The lowest BCUT2D eigenvalue weighted by atomic mass is 10.1. The minimum absolute atomic E-state index is 0.0959. The van der Waals surface area contributed by atoms with Crippen molar-refractivity contribution >= 4 is 29.2 Å². The number of ether oxygens (including phenoxy) is 1. The summed E-state index contributed by atoms with van der Waals surface area (Å²) >= 11 is 0. The zero-order valence-electron chi connectivity index (χ0n) is 13.3. The van der Waals surface area contributed by atoms with E-state index < -0.39 is 18.0 Å². The van der Waals surface area contributed by atoms with Gasteiger partial charge in [-0.25, -0.2) is 4.79 Å². The molecular weight excluding hydrogens is 298 g/mol. The number of amides is 2. The molecule has 122 valence electrons. The number of hydrogen-bond donors (Lipinski definition) is 1. The van der Waals surface area contributed by atoms with Gasteiger partial charge in [0.1, 0.15) is 5.71 Å². The highest BCUT2D eigenvalue weighted by Gasteiger charge is 2.28. The maximum Gasteiger partial charge on any atom is 0.355 e. The molecule has 0 aliphatic carbocycles. The van der Waals surface area contributed by atoms with Gasteiger partial charge in [0.2, 0.25) is 5.91 Å². The van der Waals surface area contributed by atoms with E-state index in [2.05, 4.69) is 5.10 Å². The smallest absolute Gasteiger partial charge is 0.355 e. The van der Waals surface area contributed by atoms with Crippen LogP contribution in [0.5, 0.6) is 0 Å². The largest absolute Gasteiger partial charge is 0.448 e. The van der Waals surface area contributed by atoms with Crippen LogP contribution in [-0.4, -0.2) is 29.6 Å². The maximum absolute atomic E-state index is 12.1. The lowest BCUT2D eigenvalue weighted by Crippen LogP contribution is -2.38. The topological polar surface area (TPSA) is 102 Å². The van der Waals surface area contributed by atoms with E-state index in [1.807, 2.05) is 32.0 Å². The molecule has 1 aromatic rings. The van der Waals surface area contributed by atoms with Crippen molar-refractivity contribution in [2.45, 2.75) is 39.7 Å². The summed E-state index contributed by atoms with van der Waals surface area (Å²) in [7, 11) is 0. The number of hydrazone groups is 1. The Morgan fingerprint density at radius 2 is 2.00 bits per heavy atom. The third-order valence-corrected chi connectivity index (χ3v) is 3.55. The van der Waals surface area contributed by atoms with Crippen LogP contribution < -0.4 is 10.7 Å². The molecule has 0 unspecified atom stereocenters. The van der Waals surface area contributed by atoms with E-state index >= 15 is 0 Å². The SMILES string of the molecule is Cc1ccc(C)c(N2N=C(C(=O)O[C@@H](C)C(N)=O)CCC2=O)c1. The molecule has 23 heavy (non-hydrogen) atoms. The second-order valence-corrected chi connectivity index (χ2v) is 5.49. The number of rotatable bonds is 4. The Kier molecular flexibility index (Phi) is 4.78. The Morgan fingerprint density at radius 3 is 2.65 bits per heavy atom. The van der Waals surface area contributed by atoms with E-state index in [0.29, 0.717) is 5.69 Å². The number of nitrogens with zero attached hydrogens (tertiary/aromatic N) is 2. The summed E-state index contributed by atoms with van der Waals surface area (Å²) in [6, 6.07) is 5.65. The van der Waals surface area contributed by atoms with Gasteiger partial charge in [-0.15, -0.1) is 0 Å². The van der Waals surface area contributed by atoms with E-state index in [9.17, 15) is 14.4 Å². The molecule has 1 aromatic carbocycles. The molecule has 7 nitrogen and oxygen atoms in total. The van der Waals surface area contributed by atoms with E-state index in [1.165, 1.54) is 11.9 Å². The van der Waals surface area contributed by atoms with Crippen LogP contribution in [0.1, 0.15) is 30.9 Å². The lowest BCUT2D eigenvalue weighted by molar-refractivity contribution is -0.147. The van der Waals surface area contributed by atoms with Crippen LogP contribution in [-0.2, 0) is 19.1 Å². The summed E-state index contributed by atoms with van der Waals surface area (Å²) in [4.78, 5) is 35.2. The summed E-state index contributed by atoms with van der Waals surface area (Å²) in [5.41, 5.74) is 7.64. The second-order valence-electron chi connectivity index (χ2n) is 5.49. The minimum Gasteiger partial charge on any atom is -0.448 e. The molecule has 0 fully saturated rings. The number of anilines is 1. The quantitative estimate of drug-likeness (QED) is 0.843. The van der Waals surface area contributed by atoms with Crippen LogP contribution >= 0.6 is 0 Å². The number of benzene rings is 1. The van der Waals surface area contributed by atoms with Crippen LogP contribution in [0, 0.1) is 13.8 Å². The molecule has 1 heterocycles. The Hall–Kier alpha value is -2.70. The molecular formula is C16H19N3O4. The minimum atomic E-state index is -1.04. The number of carbonyl (C=O) groups excluding carboxylic acids is 3. The van der Waals surface area contributed by atoms with Crippen molar-refractivity contribution in [3.8, 4) is 0 Å². The van der Waals surface area contributed by atoms with Crippen LogP contribution in [0.2, 0.25) is 0 Å². The lowest BCUT2D eigenvalue weighted by Gasteiger charge is -2.24. The number of esters is 1. The number of primary amides is 1. The first-order valence-corrected chi connectivity index (χ1v) is 7.27. The van der Waals surface area contributed by atoms with Gasteiger partial charge in [-0.05, 0) is 38.0 Å². The van der Waals surface area contributed by atoms with Crippen molar-refractivity contribution in [1.82, 2.24) is 0 Å². The fraction of sp³-hybridized carbons (Fsp3) is 0.375. The Bertz CT molecular complexity index is 697. The molecule has 2 amide bonds. The molecule has 0 spiro atoms. The Labute approximate surface area is 134 Å². The Balaban J connectivity index is 2.29. The number of aryl methyl sites for hydroxylation is 2. The van der Waals surface area contributed by atoms with E-state index in [4.69, 9.17) is 10.5 Å². The monoisotopic (exact) mass is 317 g/mol. The third-order valence-electron chi connectivity index (χ3n) is 3.55.